The zero-order valence-electron chi connectivity index (χ0n) is 16.7. The normalized spacial score (nSPS) is 14.3. The van der Waals surface area contributed by atoms with Crippen LogP contribution in [0.15, 0.2) is 30.5 Å². The summed E-state index contributed by atoms with van der Waals surface area (Å²) >= 11 is 6.12. The van der Waals surface area contributed by atoms with Gasteiger partial charge in [0.15, 0.2) is 0 Å². The van der Waals surface area contributed by atoms with E-state index >= 15 is 0 Å². The number of benzene rings is 1. The van der Waals surface area contributed by atoms with Crippen molar-refractivity contribution in [3.8, 4) is 0 Å². The lowest BCUT2D eigenvalue weighted by molar-refractivity contribution is 0.0885. The smallest absolute Gasteiger partial charge is 0.409 e. The van der Waals surface area contributed by atoms with E-state index in [2.05, 4.69) is 15.6 Å². The van der Waals surface area contributed by atoms with Crippen molar-refractivity contribution in [2.45, 2.75) is 13.5 Å². The molecule has 8 nitrogen and oxygen atoms in total. The van der Waals surface area contributed by atoms with Crippen LogP contribution in [0.1, 0.15) is 11.3 Å². The van der Waals surface area contributed by atoms with Gasteiger partial charge in [-0.25, -0.2) is 14.0 Å². The molecule has 1 saturated heterocycles. The number of methoxy groups -OCH3 is 1. The quantitative estimate of drug-likeness (QED) is 0.764. The summed E-state index contributed by atoms with van der Waals surface area (Å²) in [5.74, 6) is -0.455. The summed E-state index contributed by atoms with van der Waals surface area (Å²) in [6.07, 6.45) is 1.18. The predicted octanol–water partition coefficient (Wildman–Crippen LogP) is 3.71. The monoisotopic (exact) mass is 435 g/mol. The van der Waals surface area contributed by atoms with Crippen LogP contribution in [0, 0.1) is 12.7 Å². The molecule has 1 aliphatic heterocycles. The Balaban J connectivity index is 1.63. The molecule has 3 rings (SSSR count). The first kappa shape index (κ1) is 21.8. The maximum absolute atomic E-state index is 14.4. The van der Waals surface area contributed by atoms with Gasteiger partial charge < -0.3 is 20.3 Å². The highest BCUT2D eigenvalue weighted by atomic mass is 35.5. The first-order valence-corrected chi connectivity index (χ1v) is 9.77. The summed E-state index contributed by atoms with van der Waals surface area (Å²) in [6.45, 7) is 4.34. The molecule has 2 aromatic rings. The maximum atomic E-state index is 14.4. The molecule has 10 heteroatoms. The lowest BCUT2D eigenvalue weighted by atomic mass is 10.1. The fraction of sp³-hybridized carbons (Fsp3) is 0.350. The Morgan fingerprint density at radius 3 is 2.57 bits per heavy atom. The van der Waals surface area contributed by atoms with Gasteiger partial charge in [0.1, 0.15) is 5.82 Å². The number of nitrogens with zero attached hydrogens (tertiary/aromatic N) is 3. The number of hydrogen-bond acceptors (Lipinski definition) is 5. The number of nitrogens with one attached hydrogen (secondary N) is 2. The summed E-state index contributed by atoms with van der Waals surface area (Å²) in [7, 11) is 1.35. The fourth-order valence-corrected chi connectivity index (χ4v) is 3.29. The average Bonchev–Trinajstić information content (AvgIpc) is 2.73. The van der Waals surface area contributed by atoms with E-state index in [1.54, 1.807) is 23.2 Å². The van der Waals surface area contributed by atoms with Gasteiger partial charge in [0.2, 0.25) is 0 Å². The third-order valence-corrected chi connectivity index (χ3v) is 5.07. The molecule has 0 unspecified atom stereocenters. The number of aromatic nitrogens is 1. The fourth-order valence-electron chi connectivity index (χ4n) is 3.10. The second-order valence-corrected chi connectivity index (χ2v) is 7.33. The third kappa shape index (κ3) is 5.58. The first-order chi connectivity index (χ1) is 14.4. The van der Waals surface area contributed by atoms with Crippen molar-refractivity contribution >= 4 is 35.1 Å². The molecule has 0 spiro atoms. The Bertz CT molecular complexity index is 917. The minimum atomic E-state index is -0.508. The number of ether oxygens (including phenoxy) is 1. The number of urea groups is 1. The summed E-state index contributed by atoms with van der Waals surface area (Å²) in [5.41, 5.74) is 2.07. The van der Waals surface area contributed by atoms with E-state index in [0.29, 0.717) is 49.7 Å². The highest BCUT2D eigenvalue weighted by molar-refractivity contribution is 6.33. The molecule has 1 aromatic carbocycles. The molecule has 3 amide bonds. The second-order valence-electron chi connectivity index (χ2n) is 6.92. The number of piperazine rings is 1. The van der Waals surface area contributed by atoms with Gasteiger partial charge in [-0.15, -0.1) is 0 Å². The van der Waals surface area contributed by atoms with Gasteiger partial charge in [0.05, 0.1) is 29.7 Å². The second kappa shape index (κ2) is 9.73. The molecule has 1 fully saturated rings. The molecule has 0 atom stereocenters. The van der Waals surface area contributed by atoms with Gasteiger partial charge in [-0.05, 0) is 31.2 Å². The van der Waals surface area contributed by atoms with Crippen LogP contribution in [0.5, 0.6) is 0 Å². The molecule has 0 bridgehead atoms. The van der Waals surface area contributed by atoms with Crippen molar-refractivity contribution < 1.29 is 18.7 Å². The molecule has 0 saturated carbocycles. The summed E-state index contributed by atoms with van der Waals surface area (Å²) < 4.78 is 19.2. The number of anilines is 2. The molecule has 1 aliphatic rings. The van der Waals surface area contributed by atoms with E-state index in [9.17, 15) is 14.0 Å². The van der Waals surface area contributed by atoms with Gasteiger partial charge >= 0.3 is 12.1 Å². The standard InChI is InChI=1S/C20H23ClFN5O3/c1-13-3-4-15(11-23-13)24-19(28)25-18-9-14(17(22)10-16(18)21)12-26-5-7-27(8-6-26)20(29)30-2/h3-4,9-11H,5-8,12H2,1-2H3,(H2,24,25,28). The SMILES string of the molecule is COC(=O)N1CCN(Cc2cc(NC(=O)Nc3ccc(C)nc3)c(Cl)cc2F)CC1. The molecule has 30 heavy (non-hydrogen) atoms. The van der Waals surface area contributed by atoms with Crippen molar-refractivity contribution in [1.29, 1.82) is 0 Å². The molecular weight excluding hydrogens is 413 g/mol. The van der Waals surface area contributed by atoms with Crippen LogP contribution < -0.4 is 10.6 Å². The lowest BCUT2D eigenvalue weighted by Crippen LogP contribution is -2.48. The number of hydrogen-bond donors (Lipinski definition) is 2. The van der Waals surface area contributed by atoms with E-state index in [0.717, 1.165) is 5.69 Å². The number of halogens is 2. The summed E-state index contributed by atoms with van der Waals surface area (Å²) in [6, 6.07) is 5.71. The zero-order valence-corrected chi connectivity index (χ0v) is 17.5. The van der Waals surface area contributed by atoms with E-state index in [-0.39, 0.29) is 11.1 Å². The van der Waals surface area contributed by atoms with Crippen molar-refractivity contribution in [3.05, 3.63) is 52.6 Å². The molecule has 0 aliphatic carbocycles. The van der Waals surface area contributed by atoms with Crippen LogP contribution in [-0.2, 0) is 11.3 Å². The summed E-state index contributed by atoms with van der Waals surface area (Å²) in [5, 5.41) is 5.40. The van der Waals surface area contributed by atoms with Crippen LogP contribution >= 0.6 is 11.6 Å². The number of amides is 3. The molecule has 2 heterocycles. The zero-order chi connectivity index (χ0) is 21.7. The number of rotatable bonds is 4. The highest BCUT2D eigenvalue weighted by Gasteiger charge is 2.22. The topological polar surface area (TPSA) is 86.8 Å². The van der Waals surface area contributed by atoms with Crippen LogP contribution in [0.2, 0.25) is 5.02 Å². The Hall–Kier alpha value is -2.91. The van der Waals surface area contributed by atoms with Gasteiger partial charge in [0, 0.05) is 44.0 Å². The number of aryl methyl sites for hydroxylation is 1. The molecule has 2 N–H and O–H groups in total. The van der Waals surface area contributed by atoms with Crippen LogP contribution in [0.4, 0.5) is 25.4 Å². The minimum Gasteiger partial charge on any atom is -0.453 e. The van der Waals surface area contributed by atoms with Gasteiger partial charge in [0.25, 0.3) is 0 Å². The summed E-state index contributed by atoms with van der Waals surface area (Å²) in [4.78, 5) is 31.6. The Morgan fingerprint density at radius 1 is 1.20 bits per heavy atom. The Labute approximate surface area is 179 Å². The predicted molar refractivity (Wildman–Crippen MR) is 112 cm³/mol. The Morgan fingerprint density at radius 2 is 1.93 bits per heavy atom. The lowest BCUT2D eigenvalue weighted by Gasteiger charge is -2.33. The van der Waals surface area contributed by atoms with E-state index in [1.165, 1.54) is 19.2 Å². The van der Waals surface area contributed by atoms with Gasteiger partial charge in [-0.1, -0.05) is 11.6 Å². The van der Waals surface area contributed by atoms with Gasteiger partial charge in [-0.2, -0.15) is 0 Å². The highest BCUT2D eigenvalue weighted by Crippen LogP contribution is 2.27. The van der Waals surface area contributed by atoms with E-state index < -0.39 is 11.8 Å². The van der Waals surface area contributed by atoms with Gasteiger partial charge in [-0.3, -0.25) is 9.88 Å². The minimum absolute atomic E-state index is 0.101. The van der Waals surface area contributed by atoms with E-state index in [4.69, 9.17) is 16.3 Å². The van der Waals surface area contributed by atoms with Crippen LogP contribution in [-0.4, -0.2) is 60.2 Å². The number of pyridine rings is 1. The first-order valence-electron chi connectivity index (χ1n) is 9.39. The van der Waals surface area contributed by atoms with Crippen LogP contribution in [0.25, 0.3) is 0 Å². The molecule has 0 radical (unpaired) electrons. The molecule has 160 valence electrons. The molecule has 1 aromatic heterocycles. The van der Waals surface area contributed by atoms with E-state index in [1.807, 2.05) is 11.8 Å². The molecular formula is C20H23ClFN5O3. The third-order valence-electron chi connectivity index (χ3n) is 4.75. The average molecular weight is 436 g/mol. The maximum Gasteiger partial charge on any atom is 0.409 e. The number of carbonyl (C=O) groups excluding carboxylic acids is 2. The van der Waals surface area contributed by atoms with Crippen molar-refractivity contribution in [2.24, 2.45) is 0 Å². The largest absolute Gasteiger partial charge is 0.453 e. The Kier molecular flexibility index (Phi) is 7.07. The van der Waals surface area contributed by atoms with Crippen molar-refractivity contribution in [2.75, 3.05) is 43.9 Å². The van der Waals surface area contributed by atoms with Crippen molar-refractivity contribution in [3.63, 3.8) is 0 Å². The van der Waals surface area contributed by atoms with Crippen LogP contribution in [0.3, 0.4) is 0 Å². The van der Waals surface area contributed by atoms with Crippen molar-refractivity contribution in [1.82, 2.24) is 14.8 Å². The number of carbonyl (C=O) groups is 2.